The second-order valence-corrected chi connectivity index (χ2v) is 22.1. The van der Waals surface area contributed by atoms with Crippen LogP contribution in [0, 0.1) is 35.1 Å². The lowest BCUT2D eigenvalue weighted by Gasteiger charge is -2.38. The van der Waals surface area contributed by atoms with Crippen LogP contribution in [0.4, 0.5) is 17.6 Å². The van der Waals surface area contributed by atoms with Crippen molar-refractivity contribution in [3.63, 3.8) is 0 Å². The van der Waals surface area contributed by atoms with Gasteiger partial charge in [0.05, 0.1) is 28.8 Å². The molecule has 4 fully saturated rings. The molecular formula is C58H66ClF4N7O7. The molecule has 410 valence electrons. The number of likely N-dealkylation sites (tertiary alicyclic amines) is 2. The number of benzene rings is 4. The molecule has 77 heavy (non-hydrogen) atoms. The highest BCUT2D eigenvalue weighted by Crippen LogP contribution is 2.58. The minimum absolute atomic E-state index is 0.0498. The van der Waals surface area contributed by atoms with Crippen molar-refractivity contribution in [2.75, 3.05) is 52.5 Å². The standard InChI is InChI=1S/C58H66ClF4N7O7/c1-32-46-44(31-42(61)50(59)49(46)48-38(55(64)73)12-14-43(51(48)62)76-29-28-71)77-58(32,36-6-4-3-5-7-36)21-22-65-37-10-8-35(9-11-37)57(75)70-26-17-33(18-27-70)16-23-69-24-19-34(20-25-69)47-41(60)30-40-53(67-68(2)54(40)52(47)63)39-13-15-45(72)66-56(39)74/h3-7,12,14,30-35,37,39,65,71H,8-11,13,15-29H2,1-2H3,(H2,64,73)(H,66,72,74)/t32-,35?,37?,39?,58-/m0/s1. The van der Waals surface area contributed by atoms with E-state index in [4.69, 9.17) is 26.8 Å². The Balaban J connectivity index is 0.704. The molecule has 14 nitrogen and oxygen atoms in total. The van der Waals surface area contributed by atoms with Crippen LogP contribution in [0.15, 0.2) is 54.6 Å². The number of aryl methyl sites for hydroxylation is 1. The van der Waals surface area contributed by atoms with Crippen molar-refractivity contribution in [2.45, 2.75) is 113 Å². The molecular weight excluding hydrogens is 1020 g/mol. The molecule has 5 heterocycles. The zero-order valence-electron chi connectivity index (χ0n) is 43.5. The molecule has 19 heteroatoms. The molecule has 1 aliphatic carbocycles. The molecule has 1 unspecified atom stereocenters. The van der Waals surface area contributed by atoms with Gasteiger partial charge in [-0.25, -0.2) is 17.6 Å². The van der Waals surface area contributed by atoms with Crippen molar-refractivity contribution >= 4 is 46.1 Å². The molecule has 1 saturated carbocycles. The van der Waals surface area contributed by atoms with Crippen LogP contribution in [-0.4, -0.2) is 107 Å². The summed E-state index contributed by atoms with van der Waals surface area (Å²) in [7, 11) is 1.59. The summed E-state index contributed by atoms with van der Waals surface area (Å²) in [4.78, 5) is 55.4. The monoisotopic (exact) mass is 1080 g/mol. The van der Waals surface area contributed by atoms with E-state index < -0.39 is 57.5 Å². The first-order valence-corrected chi connectivity index (χ1v) is 27.5. The van der Waals surface area contributed by atoms with E-state index >= 15 is 17.6 Å². The smallest absolute Gasteiger partial charge is 0.249 e. The zero-order chi connectivity index (χ0) is 54.3. The van der Waals surface area contributed by atoms with Gasteiger partial charge in [-0.3, -0.25) is 29.2 Å². The van der Waals surface area contributed by atoms with Gasteiger partial charge in [0.15, 0.2) is 17.4 Å². The lowest BCUT2D eigenvalue weighted by atomic mass is 9.75. The molecule has 3 saturated heterocycles. The maximum atomic E-state index is 16.5. The Morgan fingerprint density at radius 3 is 2.32 bits per heavy atom. The third-order valence-corrected chi connectivity index (χ3v) is 17.7. The van der Waals surface area contributed by atoms with Gasteiger partial charge in [0.25, 0.3) is 0 Å². The quantitative estimate of drug-likeness (QED) is 0.0551. The Morgan fingerprint density at radius 2 is 1.64 bits per heavy atom. The fourth-order valence-corrected chi connectivity index (χ4v) is 13.4. The minimum atomic E-state index is -1.05. The van der Waals surface area contributed by atoms with E-state index in [9.17, 15) is 24.3 Å². The van der Waals surface area contributed by atoms with Crippen LogP contribution < -0.4 is 25.8 Å². The third-order valence-electron chi connectivity index (χ3n) is 17.3. The Hall–Kier alpha value is -6.08. The molecule has 3 atom stereocenters. The number of nitrogens with one attached hydrogen (secondary N) is 2. The van der Waals surface area contributed by atoms with Gasteiger partial charge in [0.2, 0.25) is 23.6 Å². The second kappa shape index (κ2) is 22.7. The number of ether oxygens (including phenoxy) is 2. The van der Waals surface area contributed by atoms with E-state index in [-0.39, 0.29) is 106 Å². The number of rotatable bonds is 16. The van der Waals surface area contributed by atoms with E-state index in [1.54, 1.807) is 7.05 Å². The highest BCUT2D eigenvalue weighted by molar-refractivity contribution is 6.34. The molecule has 0 spiro atoms. The molecule has 5 aliphatic rings. The van der Waals surface area contributed by atoms with E-state index in [2.05, 4.69) is 20.6 Å². The molecule has 4 aromatic carbocycles. The number of carbonyl (C=O) groups is 4. The minimum Gasteiger partial charge on any atom is -0.488 e. The van der Waals surface area contributed by atoms with Gasteiger partial charge in [0, 0.05) is 84.6 Å². The Kier molecular flexibility index (Phi) is 16.0. The predicted octanol–water partition coefficient (Wildman–Crippen LogP) is 8.88. The molecule has 1 aromatic heterocycles. The normalized spacial score (nSPS) is 23.5. The van der Waals surface area contributed by atoms with Crippen LogP contribution >= 0.6 is 11.6 Å². The van der Waals surface area contributed by atoms with Crippen molar-refractivity contribution in [3.8, 4) is 22.6 Å². The topological polar surface area (TPSA) is 181 Å². The average Bonchev–Trinajstić information content (AvgIpc) is 4.13. The van der Waals surface area contributed by atoms with Crippen molar-refractivity contribution in [1.29, 1.82) is 0 Å². The van der Waals surface area contributed by atoms with Gasteiger partial charge in [-0.15, -0.1) is 0 Å². The number of aliphatic hydroxyl groups is 1. The van der Waals surface area contributed by atoms with Crippen molar-refractivity contribution < 1.29 is 51.3 Å². The summed E-state index contributed by atoms with van der Waals surface area (Å²) >= 11 is 6.71. The summed E-state index contributed by atoms with van der Waals surface area (Å²) in [5, 5.41) is 19.7. The summed E-state index contributed by atoms with van der Waals surface area (Å²) < 4.78 is 78.0. The average molecular weight is 1080 g/mol. The number of nitrogens with two attached hydrogens (primary N) is 1. The molecule has 4 amide bonds. The third kappa shape index (κ3) is 10.5. The van der Waals surface area contributed by atoms with Crippen LogP contribution in [0.3, 0.4) is 0 Å². The zero-order valence-corrected chi connectivity index (χ0v) is 44.2. The highest BCUT2D eigenvalue weighted by Gasteiger charge is 2.50. The van der Waals surface area contributed by atoms with E-state index in [0.29, 0.717) is 37.3 Å². The molecule has 10 rings (SSSR count). The first-order chi connectivity index (χ1) is 37.1. The number of hydrogen-bond donors (Lipinski definition) is 4. The van der Waals surface area contributed by atoms with Gasteiger partial charge < -0.3 is 35.4 Å². The first-order valence-electron chi connectivity index (χ1n) is 27.1. The number of aliphatic hydroxyl groups excluding tert-OH is 1. The predicted molar refractivity (Wildman–Crippen MR) is 282 cm³/mol. The summed E-state index contributed by atoms with van der Waals surface area (Å²) in [6.07, 6.45) is 8.05. The Bertz CT molecular complexity index is 3060. The van der Waals surface area contributed by atoms with Crippen molar-refractivity contribution in [2.24, 2.45) is 24.6 Å². The fourth-order valence-electron chi connectivity index (χ4n) is 13.1. The van der Waals surface area contributed by atoms with Gasteiger partial charge in [-0.1, -0.05) is 48.9 Å². The van der Waals surface area contributed by atoms with Crippen LogP contribution in [0.5, 0.6) is 11.5 Å². The number of primary amides is 1. The van der Waals surface area contributed by atoms with E-state index in [1.165, 1.54) is 28.9 Å². The van der Waals surface area contributed by atoms with Crippen molar-refractivity contribution in [3.05, 3.63) is 111 Å². The van der Waals surface area contributed by atoms with Gasteiger partial charge in [-0.05, 0) is 126 Å². The molecule has 0 radical (unpaired) electrons. The second-order valence-electron chi connectivity index (χ2n) is 21.7. The number of amides is 4. The largest absolute Gasteiger partial charge is 0.488 e. The first kappa shape index (κ1) is 54.3. The van der Waals surface area contributed by atoms with E-state index in [1.807, 2.05) is 42.2 Å². The maximum absolute atomic E-state index is 16.5. The highest BCUT2D eigenvalue weighted by atomic mass is 35.5. The summed E-state index contributed by atoms with van der Waals surface area (Å²) in [6, 6.07) is 14.7. The van der Waals surface area contributed by atoms with Gasteiger partial charge in [-0.2, -0.15) is 5.10 Å². The number of hydrogen-bond acceptors (Lipinski definition) is 10. The number of nitrogens with zero attached hydrogens (tertiary/aromatic N) is 4. The number of halogens is 5. The SMILES string of the molecule is C[C@H]1c2c(cc(F)c(Cl)c2-c2c(C(N)=O)ccc(OCCO)c2F)O[C@]1(CCNC1CCC(C(=O)N2CCC(CCN3CCC(c4c(F)cc5c(C6CCC(=O)NC6=O)nn(C)c5c4F)CC3)CC2)CC1)c1ccccc1. The number of carbonyl (C=O) groups excluding carboxylic acids is 4. The number of aromatic nitrogens is 2. The van der Waals surface area contributed by atoms with Crippen LogP contribution in [0.2, 0.25) is 5.02 Å². The van der Waals surface area contributed by atoms with Crippen LogP contribution in [-0.2, 0) is 27.0 Å². The lowest BCUT2D eigenvalue weighted by Crippen LogP contribution is -2.45. The van der Waals surface area contributed by atoms with Gasteiger partial charge in [0.1, 0.15) is 35.1 Å². The summed E-state index contributed by atoms with van der Waals surface area (Å²) in [5.74, 6) is -5.95. The number of fused-ring (bicyclic) bond motifs is 2. The number of piperidine rings is 3. The Labute approximate surface area is 449 Å². The van der Waals surface area contributed by atoms with Crippen LogP contribution in [0.25, 0.3) is 22.0 Å². The lowest BCUT2D eigenvalue weighted by molar-refractivity contribution is -0.138. The van der Waals surface area contributed by atoms with Crippen LogP contribution in [0.1, 0.15) is 134 Å². The molecule has 0 bridgehead atoms. The fraction of sp³-hybridized carbons (Fsp3) is 0.500. The number of imide groups is 1. The van der Waals surface area contributed by atoms with E-state index in [0.717, 1.165) is 83.2 Å². The maximum Gasteiger partial charge on any atom is 0.249 e. The molecule has 5 N–H and O–H groups in total. The molecule has 5 aromatic rings. The molecule has 4 aliphatic heterocycles. The van der Waals surface area contributed by atoms with Crippen molar-refractivity contribution in [1.82, 2.24) is 30.2 Å². The van der Waals surface area contributed by atoms with Gasteiger partial charge >= 0.3 is 0 Å². The Morgan fingerprint density at radius 1 is 0.909 bits per heavy atom. The summed E-state index contributed by atoms with van der Waals surface area (Å²) in [6.45, 7) is 5.59. The summed E-state index contributed by atoms with van der Waals surface area (Å²) in [5.41, 5.74) is 5.88.